The highest BCUT2D eigenvalue weighted by molar-refractivity contribution is 7.79. The Morgan fingerprint density at radius 3 is 2.47 bits per heavy atom. The maximum absolute atomic E-state index is 11.0. The van der Waals surface area contributed by atoms with Crippen molar-refractivity contribution in [2.75, 3.05) is 23.2 Å². The van der Waals surface area contributed by atoms with Gasteiger partial charge in [-0.3, -0.25) is 0 Å². The van der Waals surface area contributed by atoms with Crippen LogP contribution in [0.2, 0.25) is 10.0 Å². The molecule has 0 aliphatic carbocycles. The van der Waals surface area contributed by atoms with E-state index in [9.17, 15) is 9.00 Å². The van der Waals surface area contributed by atoms with Gasteiger partial charge in [0, 0.05) is 17.4 Å². The number of carboxylic acids is 1. The van der Waals surface area contributed by atoms with E-state index in [2.05, 4.69) is 0 Å². The molecule has 0 spiro atoms. The molecule has 106 valence electrons. The molecule has 0 bridgehead atoms. The van der Waals surface area contributed by atoms with Crippen molar-refractivity contribution in [3.63, 3.8) is 0 Å². The van der Waals surface area contributed by atoms with E-state index in [0.717, 1.165) is 0 Å². The predicted octanol–water partition coefficient (Wildman–Crippen LogP) is 2.92. The third-order valence-electron chi connectivity index (χ3n) is 2.21. The molecule has 19 heavy (non-hydrogen) atoms. The van der Waals surface area contributed by atoms with Crippen LogP contribution in [0, 0.1) is 0 Å². The minimum atomic E-state index is -2.11. The van der Waals surface area contributed by atoms with Crippen LogP contribution < -0.4 is 4.90 Å². The highest BCUT2D eigenvalue weighted by Crippen LogP contribution is 2.33. The Morgan fingerprint density at radius 1 is 1.37 bits per heavy atom. The Balaban J connectivity index is 3.29. The van der Waals surface area contributed by atoms with Gasteiger partial charge in [0.1, 0.15) is 5.88 Å². The van der Waals surface area contributed by atoms with Crippen molar-refractivity contribution < 1.29 is 18.7 Å². The SMILES string of the molecule is O=C(O)c1cc(Cl)cc(N(CCCl)CS(=O)O)c1Cl. The molecule has 0 radical (unpaired) electrons. The molecule has 0 amide bonds. The fraction of sp³-hybridized carbons (Fsp3) is 0.300. The highest BCUT2D eigenvalue weighted by Gasteiger charge is 2.19. The first-order chi connectivity index (χ1) is 8.86. The van der Waals surface area contributed by atoms with Crippen LogP contribution in [0.4, 0.5) is 5.69 Å². The summed E-state index contributed by atoms with van der Waals surface area (Å²) in [5, 5.41) is 9.13. The van der Waals surface area contributed by atoms with E-state index in [0.29, 0.717) is 0 Å². The summed E-state index contributed by atoms with van der Waals surface area (Å²) < 4.78 is 19.9. The van der Waals surface area contributed by atoms with Crippen LogP contribution in [0.5, 0.6) is 0 Å². The van der Waals surface area contributed by atoms with Crippen molar-refractivity contribution in [2.45, 2.75) is 0 Å². The summed E-state index contributed by atoms with van der Waals surface area (Å²) in [5.41, 5.74) is 0.0853. The molecule has 1 unspecified atom stereocenters. The molecule has 2 N–H and O–H groups in total. The Hall–Kier alpha value is -0.530. The van der Waals surface area contributed by atoms with E-state index in [1.165, 1.54) is 17.0 Å². The number of hydrogen-bond donors (Lipinski definition) is 2. The molecule has 1 aromatic carbocycles. The largest absolute Gasteiger partial charge is 0.478 e. The van der Waals surface area contributed by atoms with Gasteiger partial charge in [-0.05, 0) is 12.1 Å². The van der Waals surface area contributed by atoms with Crippen molar-refractivity contribution in [2.24, 2.45) is 0 Å². The quantitative estimate of drug-likeness (QED) is 0.612. The molecule has 0 aliphatic heterocycles. The van der Waals surface area contributed by atoms with Crippen molar-refractivity contribution in [1.29, 1.82) is 0 Å². The Kier molecular flexibility index (Phi) is 6.35. The van der Waals surface area contributed by atoms with E-state index >= 15 is 0 Å². The summed E-state index contributed by atoms with van der Waals surface area (Å²) in [4.78, 5) is 12.4. The summed E-state index contributed by atoms with van der Waals surface area (Å²) in [7, 11) is 0. The molecule has 0 fully saturated rings. The monoisotopic (exact) mass is 345 g/mol. The van der Waals surface area contributed by atoms with Gasteiger partial charge in [-0.15, -0.1) is 11.6 Å². The summed E-state index contributed by atoms with van der Waals surface area (Å²) in [6.07, 6.45) is 0. The molecule has 5 nitrogen and oxygen atoms in total. The lowest BCUT2D eigenvalue weighted by Gasteiger charge is -2.24. The summed E-state index contributed by atoms with van der Waals surface area (Å²) >= 11 is 15.3. The first kappa shape index (κ1) is 16.5. The number of anilines is 1. The maximum atomic E-state index is 11.0. The Morgan fingerprint density at radius 2 is 2.00 bits per heavy atom. The standard InChI is InChI=1S/C10H10Cl3NO4S/c11-1-2-14(5-19(17)18)8-4-6(12)3-7(9(8)13)10(15)16/h3-4H,1-2,5H2,(H,15,16)(H,17,18). The van der Waals surface area contributed by atoms with E-state index < -0.39 is 17.0 Å². The van der Waals surface area contributed by atoms with E-state index in [1.54, 1.807) is 0 Å². The van der Waals surface area contributed by atoms with Gasteiger partial charge in [0.2, 0.25) is 0 Å². The molecule has 0 aromatic heterocycles. The topological polar surface area (TPSA) is 77.8 Å². The van der Waals surface area contributed by atoms with Gasteiger partial charge in [-0.1, -0.05) is 23.2 Å². The minimum absolute atomic E-state index is 0.0486. The number of halogens is 3. The van der Waals surface area contributed by atoms with E-state index in [-0.39, 0.29) is 39.6 Å². The van der Waals surface area contributed by atoms with Crippen molar-refractivity contribution >= 4 is 57.5 Å². The molecule has 9 heteroatoms. The zero-order chi connectivity index (χ0) is 14.6. The fourth-order valence-corrected chi connectivity index (χ4v) is 2.71. The van der Waals surface area contributed by atoms with E-state index in [1.807, 2.05) is 0 Å². The second kappa shape index (κ2) is 7.31. The summed E-state index contributed by atoms with van der Waals surface area (Å²) in [6.45, 7) is 0.229. The van der Waals surface area contributed by atoms with Crippen LogP contribution in [-0.4, -0.2) is 38.1 Å². The van der Waals surface area contributed by atoms with Gasteiger partial charge in [0.05, 0.1) is 16.3 Å². The van der Waals surface area contributed by atoms with Gasteiger partial charge in [-0.2, -0.15) is 0 Å². The van der Waals surface area contributed by atoms with Gasteiger partial charge in [0.25, 0.3) is 0 Å². The number of benzene rings is 1. The molecule has 0 heterocycles. The van der Waals surface area contributed by atoms with Crippen LogP contribution in [0.25, 0.3) is 0 Å². The molecular weight excluding hydrogens is 337 g/mol. The lowest BCUT2D eigenvalue weighted by atomic mass is 10.2. The normalized spacial score (nSPS) is 12.2. The van der Waals surface area contributed by atoms with Crippen molar-refractivity contribution in [1.82, 2.24) is 0 Å². The number of hydrogen-bond acceptors (Lipinski definition) is 3. The molecule has 1 rings (SSSR count). The Bertz CT molecular complexity index is 512. The fourth-order valence-electron chi connectivity index (χ4n) is 1.45. The van der Waals surface area contributed by atoms with Crippen LogP contribution >= 0.6 is 34.8 Å². The second-order valence-electron chi connectivity index (χ2n) is 3.49. The predicted molar refractivity (Wildman–Crippen MR) is 77.1 cm³/mol. The first-order valence-electron chi connectivity index (χ1n) is 4.97. The second-order valence-corrected chi connectivity index (χ2v) is 5.59. The van der Waals surface area contributed by atoms with Gasteiger partial charge in [0.15, 0.2) is 11.1 Å². The average Bonchev–Trinajstić information content (AvgIpc) is 2.30. The van der Waals surface area contributed by atoms with Crippen LogP contribution in [-0.2, 0) is 11.1 Å². The number of nitrogens with zero attached hydrogens (tertiary/aromatic N) is 1. The van der Waals surface area contributed by atoms with Crippen LogP contribution in [0.15, 0.2) is 12.1 Å². The number of carbonyl (C=O) groups is 1. The third-order valence-corrected chi connectivity index (χ3v) is 3.53. The number of aromatic carboxylic acids is 1. The zero-order valence-electron chi connectivity index (χ0n) is 9.48. The van der Waals surface area contributed by atoms with Gasteiger partial charge in [-0.25, -0.2) is 9.00 Å². The average molecular weight is 347 g/mol. The number of carboxylic acid groups (broad SMARTS) is 1. The number of rotatable bonds is 6. The minimum Gasteiger partial charge on any atom is -0.478 e. The zero-order valence-corrected chi connectivity index (χ0v) is 12.6. The molecule has 0 saturated heterocycles. The molecule has 0 aliphatic rings. The van der Waals surface area contributed by atoms with Crippen LogP contribution in [0.3, 0.4) is 0 Å². The lowest BCUT2D eigenvalue weighted by Crippen LogP contribution is -2.29. The highest BCUT2D eigenvalue weighted by atomic mass is 35.5. The third kappa shape index (κ3) is 4.50. The van der Waals surface area contributed by atoms with Crippen molar-refractivity contribution in [3.8, 4) is 0 Å². The van der Waals surface area contributed by atoms with Crippen molar-refractivity contribution in [3.05, 3.63) is 27.7 Å². The smallest absolute Gasteiger partial charge is 0.337 e. The summed E-state index contributed by atoms with van der Waals surface area (Å²) in [5.74, 6) is -1.29. The molecule has 1 atom stereocenters. The molecule has 0 saturated carbocycles. The van der Waals surface area contributed by atoms with Gasteiger partial charge < -0.3 is 14.6 Å². The van der Waals surface area contributed by atoms with Gasteiger partial charge >= 0.3 is 5.97 Å². The lowest BCUT2D eigenvalue weighted by molar-refractivity contribution is 0.0697. The Labute approximate surface area is 127 Å². The molecular formula is C10H10Cl3NO4S. The maximum Gasteiger partial charge on any atom is 0.337 e. The number of alkyl halides is 1. The molecule has 1 aromatic rings. The van der Waals surface area contributed by atoms with Crippen LogP contribution in [0.1, 0.15) is 10.4 Å². The summed E-state index contributed by atoms with van der Waals surface area (Å²) in [6, 6.07) is 2.64. The van der Waals surface area contributed by atoms with E-state index in [4.69, 9.17) is 44.5 Å². The first-order valence-corrected chi connectivity index (χ1v) is 7.54.